The molecule has 1 N–H and O–H groups in total. The van der Waals surface area contributed by atoms with Gasteiger partial charge in [0.15, 0.2) is 0 Å². The zero-order chi connectivity index (χ0) is 29.0. The molecule has 0 heterocycles. The van der Waals surface area contributed by atoms with E-state index >= 15 is 0 Å². The van der Waals surface area contributed by atoms with Gasteiger partial charge in [-0.1, -0.05) is 63.6 Å². The van der Waals surface area contributed by atoms with Crippen molar-refractivity contribution in [1.29, 1.82) is 0 Å². The molecule has 4 aliphatic rings. The number of esters is 1. The van der Waals surface area contributed by atoms with Crippen LogP contribution in [0.15, 0.2) is 53.6 Å². The van der Waals surface area contributed by atoms with Crippen LogP contribution in [-0.4, -0.2) is 49.1 Å². The Morgan fingerprint density at radius 1 is 1.00 bits per heavy atom. The number of fused-ring (bicyclic) bond motifs is 4. The van der Waals surface area contributed by atoms with Crippen LogP contribution in [-0.2, 0) is 9.53 Å². The summed E-state index contributed by atoms with van der Waals surface area (Å²) < 4.78 is 6.10. The van der Waals surface area contributed by atoms with Crippen molar-refractivity contribution < 1.29 is 14.3 Å². The van der Waals surface area contributed by atoms with Crippen LogP contribution >= 0.6 is 0 Å². The minimum Gasteiger partial charge on any atom is -0.462 e. The first-order valence-electron chi connectivity index (χ1n) is 15.4. The van der Waals surface area contributed by atoms with Crippen LogP contribution < -0.4 is 5.32 Å². The highest BCUT2D eigenvalue weighted by atomic mass is 16.5. The molecular weight excluding hydrogens is 496 g/mol. The van der Waals surface area contributed by atoms with E-state index < -0.39 is 0 Å². The number of ether oxygens (including phenoxy) is 1. The van der Waals surface area contributed by atoms with Gasteiger partial charge in [-0.05, 0) is 105 Å². The Morgan fingerprint density at radius 3 is 2.33 bits per heavy atom. The maximum Gasteiger partial charge on any atom is 0.302 e. The third-order valence-corrected chi connectivity index (χ3v) is 11.9. The van der Waals surface area contributed by atoms with Gasteiger partial charge in [-0.15, -0.1) is 0 Å². The van der Waals surface area contributed by atoms with E-state index in [1.165, 1.54) is 31.8 Å². The minimum absolute atomic E-state index is 0.0274. The molecule has 1 amide bonds. The van der Waals surface area contributed by atoms with Crippen molar-refractivity contribution in [2.24, 2.45) is 34.0 Å². The molecule has 2 fully saturated rings. The molecule has 0 spiro atoms. The van der Waals surface area contributed by atoms with Crippen molar-refractivity contribution in [3.05, 3.63) is 59.2 Å². The van der Waals surface area contributed by atoms with Gasteiger partial charge in [0, 0.05) is 30.5 Å². The van der Waals surface area contributed by atoms with Crippen LogP contribution in [0, 0.1) is 34.0 Å². The first kappa shape index (κ1) is 29.1. The van der Waals surface area contributed by atoms with Crippen LogP contribution in [0.1, 0.15) is 90.4 Å². The van der Waals surface area contributed by atoms with Crippen LogP contribution in [0.3, 0.4) is 0 Å². The number of hydrogen-bond donors (Lipinski definition) is 1. The fourth-order valence-corrected chi connectivity index (χ4v) is 9.90. The van der Waals surface area contributed by atoms with Crippen molar-refractivity contribution in [3.8, 4) is 0 Å². The summed E-state index contributed by atoms with van der Waals surface area (Å²) in [6.07, 6.45) is 11.4. The number of nitrogens with one attached hydrogen (secondary N) is 1. The minimum atomic E-state index is -0.235. The molecule has 8 atom stereocenters. The molecular formula is C35H50N2O3. The van der Waals surface area contributed by atoms with E-state index in [2.05, 4.69) is 71.1 Å². The summed E-state index contributed by atoms with van der Waals surface area (Å²) in [6, 6.07) is 9.86. The van der Waals surface area contributed by atoms with Crippen molar-refractivity contribution >= 4 is 11.9 Å². The highest BCUT2D eigenvalue weighted by Gasteiger charge is 2.65. The summed E-state index contributed by atoms with van der Waals surface area (Å²) in [5, 5.41) is 3.30. The molecule has 0 saturated heterocycles. The van der Waals surface area contributed by atoms with E-state index in [4.69, 9.17) is 4.74 Å². The van der Waals surface area contributed by atoms with Crippen LogP contribution in [0.2, 0.25) is 0 Å². The molecule has 4 aliphatic carbocycles. The van der Waals surface area contributed by atoms with E-state index in [1.807, 2.05) is 30.3 Å². The first-order valence-corrected chi connectivity index (χ1v) is 15.4. The molecule has 218 valence electrons. The zero-order valence-electron chi connectivity index (χ0n) is 25.9. The molecule has 1 unspecified atom stereocenters. The average Bonchev–Trinajstić information content (AvgIpc) is 2.98. The smallest absolute Gasteiger partial charge is 0.302 e. The second-order valence-electron chi connectivity index (χ2n) is 14.5. The molecule has 0 aromatic heterocycles. The summed E-state index contributed by atoms with van der Waals surface area (Å²) in [7, 11) is 4.47. The number of amides is 1. The molecule has 5 rings (SSSR count). The van der Waals surface area contributed by atoms with E-state index in [1.54, 1.807) is 5.57 Å². The third-order valence-electron chi connectivity index (χ3n) is 11.9. The highest BCUT2D eigenvalue weighted by Crippen LogP contribution is 2.68. The number of benzene rings is 1. The average molecular weight is 547 g/mol. The van der Waals surface area contributed by atoms with Crippen molar-refractivity contribution in [2.75, 3.05) is 14.1 Å². The van der Waals surface area contributed by atoms with Crippen molar-refractivity contribution in [2.45, 2.75) is 98.3 Å². The monoisotopic (exact) mass is 546 g/mol. The zero-order valence-corrected chi connectivity index (χ0v) is 25.9. The standard InChI is InChI=1S/C35H50N2O3/c1-22(36-32(39)24-12-10-9-11-13-24)31-29(40-23(2)38)21-35(6)28-16-15-27-25(20-26(28)18-19-34(31,35)5)14-17-30(37(7)8)33(27,3)4/h9-13,18,20,22,27-31H,14-17,19,21H2,1-8H3,(H,36,39)/t22?,27-,28-,29-,30+,31+,34-,35+/m1/s1. The number of carbonyl (C=O) groups excluding carboxylic acids is 2. The summed E-state index contributed by atoms with van der Waals surface area (Å²) >= 11 is 0. The largest absolute Gasteiger partial charge is 0.462 e. The lowest BCUT2D eigenvalue weighted by Crippen LogP contribution is -2.52. The number of hydrogen-bond acceptors (Lipinski definition) is 4. The number of rotatable bonds is 5. The SMILES string of the molecule is CC(=O)O[C@@H]1C[C@@]2(C)[C@@H]3CC[C@@H]4C(=CC3=CC[C@]2(C)[C@H]1C(C)NC(=O)c1ccccc1)CC[C@H](N(C)C)C4(C)C. The van der Waals surface area contributed by atoms with E-state index in [9.17, 15) is 9.59 Å². The molecule has 5 nitrogen and oxygen atoms in total. The highest BCUT2D eigenvalue weighted by molar-refractivity contribution is 5.94. The molecule has 2 saturated carbocycles. The van der Waals surface area contributed by atoms with Crippen molar-refractivity contribution in [1.82, 2.24) is 10.2 Å². The predicted molar refractivity (Wildman–Crippen MR) is 161 cm³/mol. The topological polar surface area (TPSA) is 58.6 Å². The number of nitrogens with zero attached hydrogens (tertiary/aromatic N) is 1. The first-order chi connectivity index (χ1) is 18.8. The second kappa shape index (κ2) is 10.5. The van der Waals surface area contributed by atoms with Gasteiger partial charge in [0.1, 0.15) is 6.10 Å². The van der Waals surface area contributed by atoms with Gasteiger partial charge in [-0.2, -0.15) is 0 Å². The molecule has 1 aromatic carbocycles. The summed E-state index contributed by atoms with van der Waals surface area (Å²) in [4.78, 5) is 28.0. The predicted octanol–water partition coefficient (Wildman–Crippen LogP) is 6.80. The Kier molecular flexibility index (Phi) is 7.61. The van der Waals surface area contributed by atoms with Gasteiger partial charge in [0.2, 0.25) is 0 Å². The lowest BCUT2D eigenvalue weighted by molar-refractivity contribution is -0.149. The van der Waals surface area contributed by atoms with Crippen LogP contribution in [0.5, 0.6) is 0 Å². The molecule has 0 aliphatic heterocycles. The van der Waals surface area contributed by atoms with Gasteiger partial charge >= 0.3 is 5.97 Å². The molecule has 0 bridgehead atoms. The molecule has 40 heavy (non-hydrogen) atoms. The van der Waals surface area contributed by atoms with Crippen molar-refractivity contribution in [3.63, 3.8) is 0 Å². The van der Waals surface area contributed by atoms with E-state index in [0.29, 0.717) is 23.4 Å². The Labute approximate surface area is 241 Å². The fourth-order valence-electron chi connectivity index (χ4n) is 9.90. The normalized spacial score (nSPS) is 37.2. The maximum absolute atomic E-state index is 13.2. The molecule has 1 aromatic rings. The Morgan fingerprint density at radius 2 is 1.68 bits per heavy atom. The maximum atomic E-state index is 13.2. The number of carbonyl (C=O) groups is 2. The lowest BCUT2D eigenvalue weighted by Gasteiger charge is -2.53. The summed E-state index contributed by atoms with van der Waals surface area (Å²) in [5.74, 6) is 0.721. The Balaban J connectivity index is 1.47. The number of allylic oxidation sites excluding steroid dienone is 4. The molecule has 5 heteroatoms. The third kappa shape index (κ3) is 4.66. The van der Waals surface area contributed by atoms with Gasteiger partial charge in [0.05, 0.1) is 0 Å². The summed E-state index contributed by atoms with van der Waals surface area (Å²) in [5.41, 5.74) is 3.87. The van der Waals surface area contributed by atoms with E-state index in [0.717, 1.165) is 19.3 Å². The Hall–Kier alpha value is -2.40. The lowest BCUT2D eigenvalue weighted by atomic mass is 9.51. The Bertz CT molecular complexity index is 1200. The van der Waals surface area contributed by atoms with Crippen LogP contribution in [0.4, 0.5) is 0 Å². The second-order valence-corrected chi connectivity index (χ2v) is 14.5. The molecule has 0 radical (unpaired) electrons. The van der Waals surface area contributed by atoms with Gasteiger partial charge in [-0.3, -0.25) is 9.59 Å². The van der Waals surface area contributed by atoms with Gasteiger partial charge < -0.3 is 15.0 Å². The fraction of sp³-hybridized carbons (Fsp3) is 0.657. The van der Waals surface area contributed by atoms with E-state index in [-0.39, 0.29) is 46.2 Å². The summed E-state index contributed by atoms with van der Waals surface area (Å²) in [6.45, 7) is 13.4. The quantitative estimate of drug-likeness (QED) is 0.413. The van der Waals surface area contributed by atoms with Crippen LogP contribution in [0.25, 0.3) is 0 Å². The van der Waals surface area contributed by atoms with Gasteiger partial charge in [-0.25, -0.2) is 0 Å². The van der Waals surface area contributed by atoms with Gasteiger partial charge in [0.25, 0.3) is 5.91 Å².